The minimum absolute atomic E-state index is 0.0289. The third kappa shape index (κ3) is 5.62. The number of fused-ring (bicyclic) bond motifs is 1. The minimum atomic E-state index is -0.0967. The summed E-state index contributed by atoms with van der Waals surface area (Å²) in [5.74, 6) is 0.0173. The number of piperidine rings is 1. The Morgan fingerprint density at radius 3 is 2.69 bits per heavy atom. The fourth-order valence-electron chi connectivity index (χ4n) is 5.30. The number of ether oxygens (including phenoxy) is 1. The van der Waals surface area contributed by atoms with Crippen molar-refractivity contribution >= 4 is 23.4 Å². The first-order valence-electron chi connectivity index (χ1n) is 12.7. The Morgan fingerprint density at radius 2 is 1.94 bits per heavy atom. The van der Waals surface area contributed by atoms with E-state index in [0.29, 0.717) is 56.3 Å². The molecular weight excluding hydrogens is 464 g/mol. The Balaban J connectivity index is 1.12. The molecule has 3 heterocycles. The highest BCUT2D eigenvalue weighted by atomic mass is 35.5. The molecule has 7 nitrogen and oxygen atoms in total. The van der Waals surface area contributed by atoms with Crippen LogP contribution in [-0.2, 0) is 22.7 Å². The van der Waals surface area contributed by atoms with E-state index in [1.807, 2.05) is 33.7 Å². The highest BCUT2D eigenvalue weighted by Gasteiger charge is 2.32. The molecule has 1 aromatic carbocycles. The molecule has 1 aliphatic carbocycles. The monoisotopic (exact) mass is 496 g/mol. The van der Waals surface area contributed by atoms with Gasteiger partial charge in [0.05, 0.1) is 25.2 Å². The van der Waals surface area contributed by atoms with E-state index < -0.39 is 0 Å². The average molecular weight is 497 g/mol. The lowest BCUT2D eigenvalue weighted by Crippen LogP contribution is -2.43. The van der Waals surface area contributed by atoms with Crippen LogP contribution in [0.4, 0.5) is 0 Å². The number of aromatic nitrogens is 2. The van der Waals surface area contributed by atoms with Gasteiger partial charge in [-0.15, -0.1) is 0 Å². The Kier molecular flexibility index (Phi) is 7.54. The summed E-state index contributed by atoms with van der Waals surface area (Å²) >= 11 is 6.00. The third-order valence-electron chi connectivity index (χ3n) is 7.46. The quantitative estimate of drug-likeness (QED) is 0.590. The number of amides is 2. The zero-order chi connectivity index (χ0) is 24.2. The zero-order valence-electron chi connectivity index (χ0n) is 20.0. The van der Waals surface area contributed by atoms with Gasteiger partial charge in [0.2, 0.25) is 5.91 Å². The maximum absolute atomic E-state index is 13.2. The Morgan fingerprint density at radius 1 is 1.14 bits per heavy atom. The van der Waals surface area contributed by atoms with E-state index in [0.717, 1.165) is 17.7 Å². The van der Waals surface area contributed by atoms with Crippen molar-refractivity contribution in [3.63, 3.8) is 0 Å². The second-order valence-corrected chi connectivity index (χ2v) is 10.2. The fourth-order valence-corrected chi connectivity index (χ4v) is 5.43. The van der Waals surface area contributed by atoms with Gasteiger partial charge in [-0.1, -0.05) is 35.4 Å². The van der Waals surface area contributed by atoms with Crippen LogP contribution in [0.2, 0.25) is 5.02 Å². The highest BCUT2D eigenvalue weighted by Crippen LogP contribution is 2.29. The van der Waals surface area contributed by atoms with Crippen molar-refractivity contribution in [3.05, 3.63) is 64.2 Å². The molecule has 35 heavy (non-hydrogen) atoms. The molecule has 1 aromatic heterocycles. The van der Waals surface area contributed by atoms with Gasteiger partial charge < -0.3 is 19.5 Å². The maximum Gasteiger partial charge on any atom is 0.274 e. The summed E-state index contributed by atoms with van der Waals surface area (Å²) in [6, 6.07) is 7.65. The van der Waals surface area contributed by atoms with Crippen LogP contribution in [0.3, 0.4) is 0 Å². The number of benzene rings is 1. The van der Waals surface area contributed by atoms with Crippen molar-refractivity contribution in [2.45, 2.75) is 64.2 Å². The molecule has 2 amide bonds. The summed E-state index contributed by atoms with van der Waals surface area (Å²) in [7, 11) is 0. The summed E-state index contributed by atoms with van der Waals surface area (Å²) < 4.78 is 8.08. The molecule has 1 fully saturated rings. The van der Waals surface area contributed by atoms with Crippen LogP contribution >= 0.6 is 11.6 Å². The summed E-state index contributed by atoms with van der Waals surface area (Å²) in [5.41, 5.74) is 3.81. The van der Waals surface area contributed by atoms with Gasteiger partial charge >= 0.3 is 0 Å². The summed E-state index contributed by atoms with van der Waals surface area (Å²) in [6.45, 7) is 2.80. The van der Waals surface area contributed by atoms with Gasteiger partial charge in [-0.2, -0.15) is 0 Å². The van der Waals surface area contributed by atoms with Crippen molar-refractivity contribution in [1.29, 1.82) is 0 Å². The number of allylic oxidation sites excluding steroid dienone is 1. The second-order valence-electron chi connectivity index (χ2n) is 9.76. The average Bonchev–Trinajstić information content (AvgIpc) is 3.33. The van der Waals surface area contributed by atoms with Crippen molar-refractivity contribution in [1.82, 2.24) is 19.8 Å². The molecule has 1 unspecified atom stereocenters. The van der Waals surface area contributed by atoms with Gasteiger partial charge in [-0.3, -0.25) is 9.59 Å². The van der Waals surface area contributed by atoms with Crippen molar-refractivity contribution in [2.75, 3.05) is 19.6 Å². The van der Waals surface area contributed by atoms with Crippen LogP contribution in [0.1, 0.15) is 72.8 Å². The minimum Gasteiger partial charge on any atom is -0.365 e. The number of halogens is 1. The van der Waals surface area contributed by atoms with Gasteiger partial charge in [-0.05, 0) is 62.6 Å². The van der Waals surface area contributed by atoms with Gasteiger partial charge in [0.25, 0.3) is 5.91 Å². The van der Waals surface area contributed by atoms with Gasteiger partial charge in [-0.25, -0.2) is 4.98 Å². The van der Waals surface area contributed by atoms with E-state index in [2.05, 4.69) is 16.4 Å². The van der Waals surface area contributed by atoms with Crippen molar-refractivity contribution in [2.24, 2.45) is 5.92 Å². The number of carbonyl (C=O) groups excluding carboxylic acids is 2. The van der Waals surface area contributed by atoms with E-state index in [1.54, 1.807) is 6.33 Å². The van der Waals surface area contributed by atoms with Crippen molar-refractivity contribution in [3.8, 4) is 0 Å². The lowest BCUT2D eigenvalue weighted by molar-refractivity contribution is -0.126. The third-order valence-corrected chi connectivity index (χ3v) is 7.71. The SMILES string of the molecule is O=C(NCCC1=CCCCC1)C1CCN(C(=O)c2ncn3c2COC(c2ccc(Cl)cc2)C3)CC1. The Labute approximate surface area is 211 Å². The Bertz CT molecular complexity index is 1090. The zero-order valence-corrected chi connectivity index (χ0v) is 20.8. The molecule has 1 saturated heterocycles. The molecular formula is C27H33ClN4O3. The Hall–Kier alpha value is -2.64. The number of carbonyl (C=O) groups is 2. The second kappa shape index (κ2) is 11.0. The molecule has 2 aliphatic heterocycles. The van der Waals surface area contributed by atoms with E-state index >= 15 is 0 Å². The van der Waals surface area contributed by atoms with Crippen LogP contribution < -0.4 is 5.32 Å². The molecule has 0 bridgehead atoms. The fraction of sp³-hybridized carbons (Fsp3) is 0.519. The summed E-state index contributed by atoms with van der Waals surface area (Å²) in [5, 5.41) is 3.80. The van der Waals surface area contributed by atoms with Crippen LogP contribution in [0, 0.1) is 5.92 Å². The van der Waals surface area contributed by atoms with Crippen LogP contribution in [-0.4, -0.2) is 45.9 Å². The smallest absolute Gasteiger partial charge is 0.274 e. The van der Waals surface area contributed by atoms with E-state index in [4.69, 9.17) is 16.3 Å². The molecule has 1 atom stereocenters. The first kappa shape index (κ1) is 24.1. The predicted octanol–water partition coefficient (Wildman–Crippen LogP) is 4.67. The first-order chi connectivity index (χ1) is 17.1. The molecule has 186 valence electrons. The first-order valence-corrected chi connectivity index (χ1v) is 13.1. The van der Waals surface area contributed by atoms with Crippen LogP contribution in [0.25, 0.3) is 0 Å². The van der Waals surface area contributed by atoms with E-state index in [9.17, 15) is 9.59 Å². The van der Waals surface area contributed by atoms with Crippen LogP contribution in [0.5, 0.6) is 0 Å². The predicted molar refractivity (Wildman–Crippen MR) is 134 cm³/mol. The molecule has 8 heteroatoms. The number of rotatable bonds is 6. The van der Waals surface area contributed by atoms with E-state index in [1.165, 1.54) is 31.3 Å². The van der Waals surface area contributed by atoms with Gasteiger partial charge in [0.15, 0.2) is 5.69 Å². The number of nitrogens with one attached hydrogen (secondary N) is 1. The van der Waals surface area contributed by atoms with Crippen LogP contribution in [0.15, 0.2) is 42.2 Å². The van der Waals surface area contributed by atoms with Crippen molar-refractivity contribution < 1.29 is 14.3 Å². The lowest BCUT2D eigenvalue weighted by atomic mass is 9.95. The largest absolute Gasteiger partial charge is 0.365 e. The number of hydrogen-bond acceptors (Lipinski definition) is 4. The standard InChI is InChI=1S/C27H33ClN4O3/c28-22-8-6-20(7-9-22)24-16-32-18-30-25(23(32)17-35-24)27(34)31-14-11-21(12-15-31)26(33)29-13-10-19-4-2-1-3-5-19/h4,6-9,18,21,24H,1-3,5,10-17H2,(H,29,33). The van der Waals surface area contributed by atoms with Gasteiger partial charge in [0, 0.05) is 30.6 Å². The number of nitrogens with zero attached hydrogens (tertiary/aromatic N) is 3. The molecule has 0 radical (unpaired) electrons. The number of hydrogen-bond donors (Lipinski definition) is 1. The summed E-state index contributed by atoms with van der Waals surface area (Å²) in [4.78, 5) is 32.1. The molecule has 0 saturated carbocycles. The highest BCUT2D eigenvalue weighted by molar-refractivity contribution is 6.30. The number of likely N-dealkylation sites (tertiary alicyclic amines) is 1. The number of imidazole rings is 1. The molecule has 1 N–H and O–H groups in total. The van der Waals surface area contributed by atoms with E-state index in [-0.39, 0.29) is 23.8 Å². The maximum atomic E-state index is 13.2. The molecule has 0 spiro atoms. The summed E-state index contributed by atoms with van der Waals surface area (Å²) in [6.07, 6.45) is 11.2. The molecule has 5 rings (SSSR count). The molecule has 3 aliphatic rings. The topological polar surface area (TPSA) is 76.5 Å². The van der Waals surface area contributed by atoms with Gasteiger partial charge in [0.1, 0.15) is 6.10 Å². The molecule has 2 aromatic rings. The lowest BCUT2D eigenvalue weighted by Gasteiger charge is -2.31. The normalized spacial score (nSPS) is 20.8.